The lowest BCUT2D eigenvalue weighted by molar-refractivity contribution is -0.0838. The van der Waals surface area contributed by atoms with Crippen LogP contribution in [0.4, 0.5) is 0 Å². The fraction of sp³-hybridized carbons (Fsp3) is 0.290. The van der Waals surface area contributed by atoms with Crippen LogP contribution >= 0.6 is 0 Å². The third-order valence-electron chi connectivity index (χ3n) is 5.47. The normalized spacial score (nSPS) is 11.4. The van der Waals surface area contributed by atoms with Gasteiger partial charge in [0.25, 0.3) is 0 Å². The summed E-state index contributed by atoms with van der Waals surface area (Å²) >= 11 is 0. The van der Waals surface area contributed by atoms with Gasteiger partial charge in [0.1, 0.15) is 18.1 Å². The minimum absolute atomic E-state index is 0.266. The highest BCUT2D eigenvalue weighted by atomic mass is 16.6. The number of rotatable bonds is 17. The zero-order chi connectivity index (χ0) is 28.6. The van der Waals surface area contributed by atoms with E-state index < -0.39 is 12.3 Å². The lowest BCUT2D eigenvalue weighted by atomic mass is 10.0. The molecule has 1 N–H and O–H groups in total. The molecule has 9 heteroatoms. The topological polar surface area (TPSA) is 110 Å². The van der Waals surface area contributed by atoms with Crippen LogP contribution in [0.5, 0.6) is 11.5 Å². The summed E-state index contributed by atoms with van der Waals surface area (Å²) < 4.78 is 31.9. The lowest BCUT2D eigenvalue weighted by Gasteiger charge is -2.10. The smallest absolute Gasteiger partial charge is 0.343 e. The maximum atomic E-state index is 12.5. The monoisotopic (exact) mass is 550 g/mol. The first kappa shape index (κ1) is 30.5. The Balaban J connectivity index is 1.35. The number of benzene rings is 3. The van der Waals surface area contributed by atoms with Crippen LogP contribution in [-0.2, 0) is 18.9 Å². The van der Waals surface area contributed by atoms with E-state index in [0.717, 1.165) is 11.1 Å². The summed E-state index contributed by atoms with van der Waals surface area (Å²) in [7, 11) is 0. The second-order valence-corrected chi connectivity index (χ2v) is 8.31. The first-order chi connectivity index (χ1) is 19.5. The Morgan fingerprint density at radius 1 is 0.725 bits per heavy atom. The van der Waals surface area contributed by atoms with Crippen molar-refractivity contribution in [2.24, 2.45) is 0 Å². The minimum Gasteiger partial charge on any atom is -0.491 e. The zero-order valence-electron chi connectivity index (χ0n) is 22.5. The van der Waals surface area contributed by atoms with Crippen molar-refractivity contribution in [3.05, 3.63) is 96.6 Å². The van der Waals surface area contributed by atoms with Crippen molar-refractivity contribution in [1.29, 1.82) is 0 Å². The molecule has 1 unspecified atom stereocenters. The van der Waals surface area contributed by atoms with Crippen molar-refractivity contribution in [2.75, 3.05) is 46.2 Å². The molecule has 0 aliphatic carbocycles. The molecule has 0 heterocycles. The van der Waals surface area contributed by atoms with Gasteiger partial charge in [-0.25, -0.2) is 9.59 Å². The van der Waals surface area contributed by atoms with Crippen LogP contribution in [0.25, 0.3) is 11.1 Å². The third-order valence-corrected chi connectivity index (χ3v) is 5.47. The summed E-state index contributed by atoms with van der Waals surface area (Å²) in [5, 5.41) is 9.16. The summed E-state index contributed by atoms with van der Waals surface area (Å²) in [6, 6.07) is 20.9. The predicted molar refractivity (Wildman–Crippen MR) is 149 cm³/mol. The van der Waals surface area contributed by atoms with Crippen LogP contribution in [0.15, 0.2) is 85.5 Å². The van der Waals surface area contributed by atoms with Crippen molar-refractivity contribution in [2.45, 2.75) is 13.2 Å². The van der Waals surface area contributed by atoms with Crippen LogP contribution in [0, 0.1) is 0 Å². The van der Waals surface area contributed by atoms with E-state index in [0.29, 0.717) is 62.3 Å². The van der Waals surface area contributed by atoms with E-state index in [1.165, 1.54) is 6.08 Å². The molecular weight excluding hydrogens is 516 g/mol. The summed E-state index contributed by atoms with van der Waals surface area (Å²) in [6.07, 6.45) is 0.313. The number of hydrogen-bond acceptors (Lipinski definition) is 9. The van der Waals surface area contributed by atoms with E-state index in [1.54, 1.807) is 55.5 Å². The maximum Gasteiger partial charge on any atom is 0.343 e. The van der Waals surface area contributed by atoms with Gasteiger partial charge in [-0.05, 0) is 72.7 Å². The van der Waals surface area contributed by atoms with Gasteiger partial charge >= 0.3 is 11.9 Å². The molecule has 0 spiro atoms. The Hall–Kier alpha value is -4.02. The molecule has 40 heavy (non-hydrogen) atoms. The van der Waals surface area contributed by atoms with Crippen molar-refractivity contribution >= 4 is 11.9 Å². The van der Waals surface area contributed by atoms with Gasteiger partial charge in [0.2, 0.25) is 0 Å². The molecule has 0 radical (unpaired) electrons. The number of esters is 2. The molecular formula is C31H34O9. The Bertz CT molecular complexity index is 1190. The summed E-state index contributed by atoms with van der Waals surface area (Å²) in [4.78, 5) is 24.4. The van der Waals surface area contributed by atoms with Crippen molar-refractivity contribution in [1.82, 2.24) is 0 Å². The van der Waals surface area contributed by atoms with Gasteiger partial charge < -0.3 is 33.5 Å². The van der Waals surface area contributed by atoms with Crippen molar-refractivity contribution in [3.63, 3.8) is 0 Å². The average Bonchev–Trinajstić information content (AvgIpc) is 2.98. The highest BCUT2D eigenvalue weighted by Crippen LogP contribution is 2.24. The molecule has 3 aromatic carbocycles. The third kappa shape index (κ3) is 10.3. The molecule has 3 aromatic rings. The molecule has 0 amide bonds. The van der Waals surface area contributed by atoms with Crippen LogP contribution in [-0.4, -0.2) is 69.6 Å². The number of aliphatic hydroxyl groups is 1. The molecule has 212 valence electrons. The number of carbonyl (C=O) groups is 2. The van der Waals surface area contributed by atoms with Crippen LogP contribution in [0.3, 0.4) is 0 Å². The standard InChI is InChI=1S/C31H34O9/c1-3-29(32)39-22-20-36-18-17-35-19-21-38-27-13-11-26(12-14-27)31(34)40-28-15-9-24(10-16-28)23-5-7-25(8-6-23)30(33)37-4-2/h3,5-16,29,32H,1,4,17-22H2,2H3. The molecule has 0 aliphatic heterocycles. The lowest BCUT2D eigenvalue weighted by Crippen LogP contribution is -2.15. The highest BCUT2D eigenvalue weighted by molar-refractivity contribution is 5.91. The Morgan fingerprint density at radius 2 is 1.23 bits per heavy atom. The van der Waals surface area contributed by atoms with Gasteiger partial charge in [0, 0.05) is 0 Å². The Kier molecular flexibility index (Phi) is 12.8. The molecule has 0 aromatic heterocycles. The SMILES string of the molecule is C=CC(O)OCCOCCOCCOc1ccc(C(=O)Oc2ccc(-c3ccc(C(=O)OCC)cc3)cc2)cc1. The van der Waals surface area contributed by atoms with Crippen LogP contribution in [0.2, 0.25) is 0 Å². The first-order valence-electron chi connectivity index (χ1n) is 12.9. The molecule has 1 atom stereocenters. The fourth-order valence-electron chi connectivity index (χ4n) is 3.42. The van der Waals surface area contributed by atoms with Crippen molar-refractivity contribution < 1.29 is 43.1 Å². The highest BCUT2D eigenvalue weighted by Gasteiger charge is 2.10. The summed E-state index contributed by atoms with van der Waals surface area (Å²) in [6.45, 7) is 7.64. The largest absolute Gasteiger partial charge is 0.491 e. The van der Waals surface area contributed by atoms with Gasteiger partial charge in [-0.15, -0.1) is 0 Å². The molecule has 0 fully saturated rings. The van der Waals surface area contributed by atoms with Crippen LogP contribution in [0.1, 0.15) is 27.6 Å². The van der Waals surface area contributed by atoms with Crippen LogP contribution < -0.4 is 9.47 Å². The molecule has 9 nitrogen and oxygen atoms in total. The van der Waals surface area contributed by atoms with E-state index in [4.69, 9.17) is 33.5 Å². The van der Waals surface area contributed by atoms with Gasteiger partial charge in [0.05, 0.1) is 50.8 Å². The molecule has 0 saturated heterocycles. The van der Waals surface area contributed by atoms with E-state index in [2.05, 4.69) is 6.58 Å². The summed E-state index contributed by atoms with van der Waals surface area (Å²) in [5.41, 5.74) is 2.73. The maximum absolute atomic E-state index is 12.5. The summed E-state index contributed by atoms with van der Waals surface area (Å²) in [5.74, 6) is 0.187. The van der Waals surface area contributed by atoms with Gasteiger partial charge in [-0.1, -0.05) is 30.8 Å². The van der Waals surface area contributed by atoms with E-state index in [-0.39, 0.29) is 12.6 Å². The number of carbonyl (C=O) groups excluding carboxylic acids is 2. The van der Waals surface area contributed by atoms with Crippen molar-refractivity contribution in [3.8, 4) is 22.6 Å². The first-order valence-corrected chi connectivity index (χ1v) is 12.9. The number of ether oxygens (including phenoxy) is 6. The molecule has 0 saturated carbocycles. The van der Waals surface area contributed by atoms with Gasteiger partial charge in [-0.3, -0.25) is 0 Å². The van der Waals surface area contributed by atoms with E-state index in [9.17, 15) is 9.59 Å². The second kappa shape index (κ2) is 16.8. The Morgan fingerprint density at radius 3 is 1.82 bits per heavy atom. The minimum atomic E-state index is -0.980. The van der Waals surface area contributed by atoms with Gasteiger partial charge in [-0.2, -0.15) is 0 Å². The Labute approximate surface area is 233 Å². The predicted octanol–water partition coefficient (Wildman–Crippen LogP) is 4.68. The number of hydrogen-bond donors (Lipinski definition) is 1. The molecule has 3 rings (SSSR count). The average molecular weight is 551 g/mol. The van der Waals surface area contributed by atoms with Gasteiger partial charge in [0.15, 0.2) is 6.29 Å². The second-order valence-electron chi connectivity index (χ2n) is 8.31. The zero-order valence-corrected chi connectivity index (χ0v) is 22.5. The fourth-order valence-corrected chi connectivity index (χ4v) is 3.42. The van der Waals surface area contributed by atoms with E-state index >= 15 is 0 Å². The quantitative estimate of drug-likeness (QED) is 0.0842. The molecule has 0 aliphatic rings. The number of aliphatic hydroxyl groups excluding tert-OH is 1. The molecule has 0 bridgehead atoms. The van der Waals surface area contributed by atoms with E-state index in [1.807, 2.05) is 24.3 Å².